The molecule has 3 fully saturated rings. The second-order valence-electron chi connectivity index (χ2n) is 9.64. The van der Waals surface area contributed by atoms with Crippen LogP contribution < -0.4 is 5.32 Å². The Hall–Kier alpha value is -2.41. The van der Waals surface area contributed by atoms with Crippen LogP contribution in [0.5, 0.6) is 0 Å². The maximum absolute atomic E-state index is 13.1. The topological polar surface area (TPSA) is 54.0 Å². The normalized spacial score (nSPS) is 20.5. The van der Waals surface area contributed by atoms with Gasteiger partial charge in [-0.05, 0) is 48.9 Å². The number of carbonyl (C=O) groups excluding carboxylic acids is 1. The lowest BCUT2D eigenvalue weighted by Crippen LogP contribution is -2.52. The summed E-state index contributed by atoms with van der Waals surface area (Å²) in [7, 11) is 1.68. The number of nitrogens with one attached hydrogen (secondary N) is 1. The zero-order valence-corrected chi connectivity index (χ0v) is 20.2. The molecule has 2 aromatic rings. The molecule has 33 heavy (non-hydrogen) atoms. The summed E-state index contributed by atoms with van der Waals surface area (Å²) < 4.78 is 10.6. The van der Waals surface area contributed by atoms with Gasteiger partial charge in [0.25, 0.3) is 0 Å². The van der Waals surface area contributed by atoms with Gasteiger partial charge in [-0.3, -0.25) is 0 Å². The Kier molecular flexibility index (Phi) is 7.68. The highest BCUT2D eigenvalue weighted by atomic mass is 16.5. The summed E-state index contributed by atoms with van der Waals surface area (Å²) in [5, 5.41) is 3.29. The van der Waals surface area contributed by atoms with Gasteiger partial charge in [-0.1, -0.05) is 48.5 Å². The molecule has 0 aliphatic carbocycles. The SMILES string of the molecule is COCCOCc1ccc(-c2ccc(C(C)(C)NC(=O)N3CCN4CCC3CC4)cc2)cc1. The summed E-state index contributed by atoms with van der Waals surface area (Å²) in [6.45, 7) is 9.99. The van der Waals surface area contributed by atoms with E-state index in [1.807, 2.05) is 0 Å². The number of rotatable bonds is 8. The Bertz CT molecular complexity index is 903. The number of ether oxygens (including phenoxy) is 2. The van der Waals surface area contributed by atoms with Gasteiger partial charge in [0.2, 0.25) is 0 Å². The molecule has 2 amide bonds. The minimum Gasteiger partial charge on any atom is -0.382 e. The van der Waals surface area contributed by atoms with E-state index in [0.717, 1.165) is 55.7 Å². The number of carbonyl (C=O) groups is 1. The number of nitrogens with zero attached hydrogens (tertiary/aromatic N) is 2. The van der Waals surface area contributed by atoms with E-state index in [9.17, 15) is 4.79 Å². The molecule has 3 heterocycles. The predicted octanol–water partition coefficient (Wildman–Crippen LogP) is 4.24. The van der Waals surface area contributed by atoms with Gasteiger partial charge in [-0.2, -0.15) is 0 Å². The maximum Gasteiger partial charge on any atom is 0.318 e. The third-order valence-electron chi connectivity index (χ3n) is 6.93. The molecule has 1 N–H and O–H groups in total. The molecule has 2 bridgehead atoms. The number of methoxy groups -OCH3 is 1. The van der Waals surface area contributed by atoms with E-state index >= 15 is 0 Å². The second-order valence-corrected chi connectivity index (χ2v) is 9.64. The molecule has 5 rings (SSSR count). The van der Waals surface area contributed by atoms with Crippen LogP contribution in [0.25, 0.3) is 11.1 Å². The number of benzene rings is 2. The highest BCUT2D eigenvalue weighted by Gasteiger charge is 2.34. The fourth-order valence-electron chi connectivity index (χ4n) is 4.77. The van der Waals surface area contributed by atoms with Crippen molar-refractivity contribution >= 4 is 6.03 Å². The molecule has 3 saturated heterocycles. The minimum absolute atomic E-state index is 0.0566. The summed E-state index contributed by atoms with van der Waals surface area (Å²) in [5.41, 5.74) is 4.13. The third kappa shape index (κ3) is 5.94. The Morgan fingerprint density at radius 1 is 0.939 bits per heavy atom. The first kappa shape index (κ1) is 23.7. The average molecular weight is 452 g/mol. The van der Waals surface area contributed by atoms with E-state index in [-0.39, 0.29) is 6.03 Å². The van der Waals surface area contributed by atoms with Gasteiger partial charge in [-0.25, -0.2) is 4.79 Å². The molecule has 2 aromatic carbocycles. The van der Waals surface area contributed by atoms with Crippen LogP contribution in [0.4, 0.5) is 4.79 Å². The molecule has 6 nitrogen and oxygen atoms in total. The van der Waals surface area contributed by atoms with Crippen LogP contribution in [0.15, 0.2) is 48.5 Å². The first-order valence-corrected chi connectivity index (χ1v) is 12.0. The predicted molar refractivity (Wildman–Crippen MR) is 131 cm³/mol. The highest BCUT2D eigenvalue weighted by molar-refractivity contribution is 5.76. The van der Waals surface area contributed by atoms with E-state index in [4.69, 9.17) is 9.47 Å². The monoisotopic (exact) mass is 451 g/mol. The van der Waals surface area contributed by atoms with Crippen LogP contribution in [0.3, 0.4) is 0 Å². The zero-order valence-electron chi connectivity index (χ0n) is 20.2. The maximum atomic E-state index is 13.1. The quantitative estimate of drug-likeness (QED) is 0.610. The van der Waals surface area contributed by atoms with Crippen LogP contribution in [-0.2, 0) is 21.6 Å². The smallest absolute Gasteiger partial charge is 0.318 e. The van der Waals surface area contributed by atoms with Crippen LogP contribution in [-0.4, -0.2) is 68.4 Å². The first-order chi connectivity index (χ1) is 16.0. The van der Waals surface area contributed by atoms with Gasteiger partial charge in [0.15, 0.2) is 0 Å². The van der Waals surface area contributed by atoms with Crippen molar-refractivity contribution in [1.29, 1.82) is 0 Å². The molecule has 0 saturated carbocycles. The summed E-state index contributed by atoms with van der Waals surface area (Å²) in [4.78, 5) is 17.7. The molecule has 0 aromatic heterocycles. The largest absolute Gasteiger partial charge is 0.382 e. The van der Waals surface area contributed by atoms with E-state index in [2.05, 4.69) is 77.5 Å². The van der Waals surface area contributed by atoms with Gasteiger partial charge in [0.05, 0.1) is 25.4 Å². The van der Waals surface area contributed by atoms with Gasteiger partial charge in [-0.15, -0.1) is 0 Å². The van der Waals surface area contributed by atoms with Gasteiger partial charge in [0.1, 0.15) is 0 Å². The Morgan fingerprint density at radius 3 is 2.21 bits per heavy atom. The molecule has 0 unspecified atom stereocenters. The van der Waals surface area contributed by atoms with Crippen LogP contribution in [0, 0.1) is 0 Å². The van der Waals surface area contributed by atoms with Crippen LogP contribution in [0.1, 0.15) is 37.8 Å². The van der Waals surface area contributed by atoms with Gasteiger partial charge in [0, 0.05) is 39.3 Å². The van der Waals surface area contributed by atoms with Crippen LogP contribution >= 0.6 is 0 Å². The Balaban J connectivity index is 1.37. The van der Waals surface area contributed by atoms with Crippen molar-refractivity contribution in [2.75, 3.05) is 46.5 Å². The number of amides is 2. The molecule has 3 aliphatic rings. The first-order valence-electron chi connectivity index (χ1n) is 12.0. The molecule has 178 valence electrons. The van der Waals surface area contributed by atoms with Crippen LogP contribution in [0.2, 0.25) is 0 Å². The standard InChI is InChI=1S/C27H37N3O3/c1-27(2,28-26(31)30-17-16-29-14-12-25(30)13-15-29)24-10-8-23(9-11-24)22-6-4-21(5-7-22)20-33-19-18-32-3/h4-11,25H,12-20H2,1-3H3,(H,28,31). The molecule has 6 heteroatoms. The van der Waals surface area contributed by atoms with Crippen molar-refractivity contribution < 1.29 is 14.3 Å². The van der Waals surface area contributed by atoms with Gasteiger partial charge < -0.3 is 24.6 Å². The van der Waals surface area contributed by atoms with Gasteiger partial charge >= 0.3 is 6.03 Å². The summed E-state index contributed by atoms with van der Waals surface area (Å²) >= 11 is 0. The number of urea groups is 1. The molecule has 0 spiro atoms. The van der Waals surface area contributed by atoms with Crippen molar-refractivity contribution in [3.8, 4) is 11.1 Å². The van der Waals surface area contributed by atoms with Crippen molar-refractivity contribution in [2.45, 2.75) is 44.9 Å². The second kappa shape index (κ2) is 10.7. The number of fused-ring (bicyclic) bond motifs is 4. The van der Waals surface area contributed by atoms with E-state index < -0.39 is 5.54 Å². The molecule has 3 aliphatic heterocycles. The van der Waals surface area contributed by atoms with E-state index in [1.54, 1.807) is 7.11 Å². The fourth-order valence-corrected chi connectivity index (χ4v) is 4.77. The van der Waals surface area contributed by atoms with E-state index in [1.165, 1.54) is 5.56 Å². The lowest BCUT2D eigenvalue weighted by atomic mass is 9.92. The Morgan fingerprint density at radius 2 is 1.58 bits per heavy atom. The van der Waals surface area contributed by atoms with E-state index in [0.29, 0.717) is 25.9 Å². The highest BCUT2D eigenvalue weighted by Crippen LogP contribution is 2.27. The third-order valence-corrected chi connectivity index (χ3v) is 6.93. The lowest BCUT2D eigenvalue weighted by molar-refractivity contribution is 0.0617. The summed E-state index contributed by atoms with van der Waals surface area (Å²) in [5.74, 6) is 0. The number of hydrogen-bond donors (Lipinski definition) is 1. The number of piperidine rings is 1. The summed E-state index contributed by atoms with van der Waals surface area (Å²) in [6, 6.07) is 17.4. The molecular weight excluding hydrogens is 414 g/mol. The lowest BCUT2D eigenvalue weighted by Gasteiger charge is -2.35. The molecule has 0 radical (unpaired) electrons. The zero-order chi connectivity index (χ0) is 23.3. The molecular formula is C27H37N3O3. The number of hydrogen-bond acceptors (Lipinski definition) is 4. The van der Waals surface area contributed by atoms with Crippen molar-refractivity contribution in [3.05, 3.63) is 59.7 Å². The van der Waals surface area contributed by atoms with Crippen molar-refractivity contribution in [1.82, 2.24) is 15.1 Å². The van der Waals surface area contributed by atoms with Crippen molar-refractivity contribution in [3.63, 3.8) is 0 Å². The minimum atomic E-state index is -0.441. The Labute approximate surface area is 197 Å². The fraction of sp³-hybridized carbons (Fsp3) is 0.519. The summed E-state index contributed by atoms with van der Waals surface area (Å²) in [6.07, 6.45) is 2.17. The average Bonchev–Trinajstić information content (AvgIpc) is 3.16. The molecule has 0 atom stereocenters. The van der Waals surface area contributed by atoms with Crippen molar-refractivity contribution in [2.24, 2.45) is 0 Å².